The number of hydrogen-bond acceptors (Lipinski definition) is 4. The summed E-state index contributed by atoms with van der Waals surface area (Å²) in [6.07, 6.45) is 11.1. The summed E-state index contributed by atoms with van der Waals surface area (Å²) >= 11 is 0. The Morgan fingerprint density at radius 3 is 1.20 bits per heavy atom. The van der Waals surface area contributed by atoms with Gasteiger partial charge in [0.25, 0.3) is 0 Å². The molecule has 6 nitrogen and oxygen atoms in total. The third kappa shape index (κ3) is 16.2. The van der Waals surface area contributed by atoms with Crippen LogP contribution in [0, 0.1) is 11.8 Å². The maximum Gasteiger partial charge on any atom is 0.317 e. The standard InChI is InChI=1S/C28H54F4N2O4S2/c1-3-5-7-9-13-17-23-39(35,36)33-27(29,30)25-19-15-11-12-16-20-26(22-21-25)28(31,32)34-40(37,38)24-18-14-10-8-6-4-2/h25-26,33-34H,3-24H2,1-2H3. The topological polar surface area (TPSA) is 92.3 Å². The van der Waals surface area contributed by atoms with E-state index in [1.807, 2.05) is 0 Å². The molecule has 240 valence electrons. The van der Waals surface area contributed by atoms with Gasteiger partial charge in [-0.25, -0.2) is 16.8 Å². The van der Waals surface area contributed by atoms with Gasteiger partial charge < -0.3 is 0 Å². The van der Waals surface area contributed by atoms with Gasteiger partial charge in [0.2, 0.25) is 20.0 Å². The number of unbranched alkanes of at least 4 members (excludes halogenated alkanes) is 10. The Labute approximate surface area is 241 Å². The maximum atomic E-state index is 15.2. The third-order valence-corrected chi connectivity index (χ3v) is 10.7. The number of halogens is 4. The third-order valence-electron chi connectivity index (χ3n) is 7.86. The van der Waals surface area contributed by atoms with E-state index in [1.54, 1.807) is 9.44 Å². The molecule has 0 heterocycles. The molecule has 0 amide bonds. The van der Waals surface area contributed by atoms with E-state index < -0.39 is 55.5 Å². The Morgan fingerprint density at radius 1 is 0.525 bits per heavy atom. The molecule has 2 unspecified atom stereocenters. The average molecular weight is 623 g/mol. The number of sulfonamides is 2. The van der Waals surface area contributed by atoms with Crippen LogP contribution in [-0.2, 0) is 20.0 Å². The lowest BCUT2D eigenvalue weighted by atomic mass is 9.85. The first-order valence-corrected chi connectivity index (χ1v) is 18.8. The van der Waals surface area contributed by atoms with Crippen molar-refractivity contribution in [1.82, 2.24) is 9.44 Å². The summed E-state index contributed by atoms with van der Waals surface area (Å²) in [5, 5.41) is 0. The quantitative estimate of drug-likeness (QED) is 0.0815. The summed E-state index contributed by atoms with van der Waals surface area (Å²) in [5.41, 5.74) is 0. The first-order chi connectivity index (χ1) is 18.7. The second-order valence-electron chi connectivity index (χ2n) is 11.6. The highest BCUT2D eigenvalue weighted by Gasteiger charge is 2.46. The molecule has 0 aromatic rings. The van der Waals surface area contributed by atoms with Crippen molar-refractivity contribution in [1.29, 1.82) is 0 Å². The minimum absolute atomic E-state index is 0.00852. The summed E-state index contributed by atoms with van der Waals surface area (Å²) in [6, 6.07) is -7.53. The van der Waals surface area contributed by atoms with Crippen molar-refractivity contribution < 1.29 is 34.4 Å². The molecule has 0 saturated heterocycles. The Morgan fingerprint density at radius 2 is 0.850 bits per heavy atom. The summed E-state index contributed by atoms with van der Waals surface area (Å²) < 4.78 is 113. The molecule has 1 rings (SSSR count). The van der Waals surface area contributed by atoms with Gasteiger partial charge in [0.1, 0.15) is 0 Å². The molecule has 0 spiro atoms. The smallest absolute Gasteiger partial charge is 0.212 e. The van der Waals surface area contributed by atoms with Crippen LogP contribution >= 0.6 is 0 Å². The van der Waals surface area contributed by atoms with E-state index in [0.29, 0.717) is 38.5 Å². The monoisotopic (exact) mass is 622 g/mol. The molecule has 0 bridgehead atoms. The molecule has 1 saturated carbocycles. The van der Waals surface area contributed by atoms with Gasteiger partial charge in [0, 0.05) is 11.8 Å². The minimum atomic E-state index is -4.24. The van der Waals surface area contributed by atoms with Crippen molar-refractivity contribution in [3.05, 3.63) is 0 Å². The van der Waals surface area contributed by atoms with E-state index in [1.165, 1.54) is 0 Å². The molecule has 0 aliphatic heterocycles. The van der Waals surface area contributed by atoms with Crippen LogP contribution in [0.4, 0.5) is 17.6 Å². The lowest BCUT2D eigenvalue weighted by molar-refractivity contribution is -0.0984. The van der Waals surface area contributed by atoms with Gasteiger partial charge in [-0.2, -0.15) is 27.0 Å². The molecule has 12 heteroatoms. The van der Waals surface area contributed by atoms with E-state index in [9.17, 15) is 16.8 Å². The van der Waals surface area contributed by atoms with Crippen LogP contribution in [-0.4, -0.2) is 40.4 Å². The van der Waals surface area contributed by atoms with E-state index in [4.69, 9.17) is 0 Å². The van der Waals surface area contributed by atoms with Crippen LogP contribution in [0.2, 0.25) is 0 Å². The van der Waals surface area contributed by atoms with Crippen LogP contribution in [0.3, 0.4) is 0 Å². The second kappa shape index (κ2) is 18.9. The van der Waals surface area contributed by atoms with E-state index in [-0.39, 0.29) is 38.5 Å². The molecule has 40 heavy (non-hydrogen) atoms. The van der Waals surface area contributed by atoms with Gasteiger partial charge in [0.05, 0.1) is 11.5 Å². The highest BCUT2D eigenvalue weighted by Crippen LogP contribution is 2.38. The molecule has 1 aliphatic rings. The van der Waals surface area contributed by atoms with Crippen molar-refractivity contribution in [2.45, 2.75) is 154 Å². The first kappa shape index (κ1) is 37.6. The summed E-state index contributed by atoms with van der Waals surface area (Å²) in [7, 11) is -8.48. The van der Waals surface area contributed by atoms with Gasteiger partial charge in [0.15, 0.2) is 0 Å². The predicted molar refractivity (Wildman–Crippen MR) is 154 cm³/mol. The molecule has 2 atom stereocenters. The molecule has 1 aliphatic carbocycles. The molecule has 2 N–H and O–H groups in total. The average Bonchev–Trinajstić information content (AvgIpc) is 2.85. The van der Waals surface area contributed by atoms with Crippen LogP contribution < -0.4 is 9.44 Å². The van der Waals surface area contributed by atoms with Gasteiger partial charge in [-0.05, 0) is 38.5 Å². The normalized spacial score (nSPS) is 20.4. The fourth-order valence-electron chi connectivity index (χ4n) is 5.38. The lowest BCUT2D eigenvalue weighted by Crippen LogP contribution is -2.49. The van der Waals surface area contributed by atoms with Crippen LogP contribution in [0.25, 0.3) is 0 Å². The first-order valence-electron chi connectivity index (χ1n) is 15.5. The van der Waals surface area contributed by atoms with Gasteiger partial charge >= 0.3 is 12.1 Å². The van der Waals surface area contributed by atoms with Gasteiger partial charge in [-0.1, -0.05) is 104 Å². The van der Waals surface area contributed by atoms with Crippen LogP contribution in [0.15, 0.2) is 0 Å². The van der Waals surface area contributed by atoms with Crippen molar-refractivity contribution in [3.8, 4) is 0 Å². The SMILES string of the molecule is CCCCCCCCS(=O)(=O)NC(F)(F)C1CCCCCCC(C(F)(F)NS(=O)(=O)CCCCCCCC)CC1. The zero-order chi connectivity index (χ0) is 30.1. The zero-order valence-corrected chi connectivity index (χ0v) is 26.3. The Bertz CT molecular complexity index is 815. The number of nitrogens with one attached hydrogen (secondary N) is 2. The zero-order valence-electron chi connectivity index (χ0n) is 24.7. The Hall–Kier alpha value is -0.460. The lowest BCUT2D eigenvalue weighted by Gasteiger charge is -2.32. The molecule has 1 fully saturated rings. The number of alkyl halides is 4. The summed E-state index contributed by atoms with van der Waals surface area (Å²) in [5.74, 6) is -3.68. The minimum Gasteiger partial charge on any atom is -0.212 e. The highest BCUT2D eigenvalue weighted by molar-refractivity contribution is 7.89. The maximum absolute atomic E-state index is 15.2. The van der Waals surface area contributed by atoms with E-state index in [0.717, 1.165) is 51.4 Å². The van der Waals surface area contributed by atoms with Crippen LogP contribution in [0.5, 0.6) is 0 Å². The van der Waals surface area contributed by atoms with Crippen molar-refractivity contribution in [2.24, 2.45) is 11.8 Å². The van der Waals surface area contributed by atoms with Crippen molar-refractivity contribution in [2.75, 3.05) is 11.5 Å². The molecular weight excluding hydrogens is 568 g/mol. The predicted octanol–water partition coefficient (Wildman–Crippen LogP) is 8.10. The highest BCUT2D eigenvalue weighted by atomic mass is 32.2. The van der Waals surface area contributed by atoms with Gasteiger partial charge in [-0.15, -0.1) is 0 Å². The largest absolute Gasteiger partial charge is 0.317 e. The number of rotatable bonds is 20. The number of hydrogen-bond donors (Lipinski definition) is 2. The molecule has 0 aromatic heterocycles. The molecular formula is C28H54F4N2O4S2. The second-order valence-corrected chi connectivity index (χ2v) is 15.3. The Kier molecular flexibility index (Phi) is 17.8. The van der Waals surface area contributed by atoms with E-state index >= 15 is 17.6 Å². The van der Waals surface area contributed by atoms with E-state index in [2.05, 4.69) is 13.8 Å². The van der Waals surface area contributed by atoms with Gasteiger partial charge in [-0.3, -0.25) is 0 Å². The summed E-state index contributed by atoms with van der Waals surface area (Å²) in [4.78, 5) is 0. The summed E-state index contributed by atoms with van der Waals surface area (Å²) in [6.45, 7) is 4.13. The molecule has 0 radical (unpaired) electrons. The fraction of sp³-hybridized carbons (Fsp3) is 1.00. The van der Waals surface area contributed by atoms with Crippen molar-refractivity contribution in [3.63, 3.8) is 0 Å². The fourth-order valence-corrected chi connectivity index (χ4v) is 7.91. The van der Waals surface area contributed by atoms with Crippen molar-refractivity contribution >= 4 is 20.0 Å². The van der Waals surface area contributed by atoms with Crippen LogP contribution in [0.1, 0.15) is 142 Å². The Balaban J connectivity index is 2.77. The molecule has 0 aromatic carbocycles.